The minimum atomic E-state index is -0.886. The van der Waals surface area contributed by atoms with Crippen molar-refractivity contribution >= 4 is 73.0 Å². The van der Waals surface area contributed by atoms with Crippen molar-refractivity contribution in [3.05, 3.63) is 129 Å². The van der Waals surface area contributed by atoms with Crippen LogP contribution in [0.2, 0.25) is 0 Å². The van der Waals surface area contributed by atoms with E-state index >= 15 is 0 Å². The SMILES string of the molecule is CCOC(=O)/C(=C/c1ccc(C)cc1Br)N=[N+]=[N-].CCOC(=O)CN=[N+]=[N-].Cc1cc(C)c2c(C(=O)O)c[nH]c2c1.Cc1ccc(C=O)c(Br)c1. The van der Waals surface area contributed by atoms with Gasteiger partial charge in [0.25, 0.3) is 0 Å². The Morgan fingerprint density at radius 2 is 1.45 bits per heavy atom. The second kappa shape index (κ2) is 23.1. The first-order valence-corrected chi connectivity index (χ1v) is 16.7. The zero-order valence-electron chi connectivity index (χ0n) is 28.8. The van der Waals surface area contributed by atoms with Crippen molar-refractivity contribution in [2.45, 2.75) is 41.5 Å². The number of halogens is 2. The molecule has 0 fully saturated rings. The Bertz CT molecular complexity index is 1980. The maximum absolute atomic E-state index is 11.5. The van der Waals surface area contributed by atoms with Crippen LogP contribution in [0.15, 0.2) is 79.6 Å². The number of esters is 2. The molecule has 0 bridgehead atoms. The summed E-state index contributed by atoms with van der Waals surface area (Å²) in [5.41, 5.74) is 23.2. The number of carbonyl (C=O) groups excluding carboxylic acids is 3. The summed E-state index contributed by atoms with van der Waals surface area (Å²) in [7, 11) is 0. The van der Waals surface area contributed by atoms with E-state index in [1.807, 2.05) is 70.2 Å². The van der Waals surface area contributed by atoms with Crippen molar-refractivity contribution in [2.24, 2.45) is 10.2 Å². The maximum atomic E-state index is 11.5. The molecule has 16 heteroatoms. The molecule has 0 amide bonds. The van der Waals surface area contributed by atoms with Gasteiger partial charge in [-0.1, -0.05) is 72.4 Å². The van der Waals surface area contributed by atoms with Gasteiger partial charge in [-0.05, 0) is 105 Å². The number of fused-ring (bicyclic) bond motifs is 1. The van der Waals surface area contributed by atoms with Gasteiger partial charge in [-0.2, -0.15) is 0 Å². The zero-order valence-corrected chi connectivity index (χ0v) is 32.0. The maximum Gasteiger partial charge on any atom is 0.340 e. The predicted molar refractivity (Wildman–Crippen MR) is 202 cm³/mol. The smallest absolute Gasteiger partial charge is 0.340 e. The normalized spacial score (nSPS) is 9.92. The third kappa shape index (κ3) is 15.4. The standard InChI is InChI=1S/C12H12BrN3O2.C11H11NO2.C8H7BrO.C4H7N3O2/c1-3-18-12(17)11(15-16-14)7-9-5-4-8(2)6-10(9)13;1-6-3-7(2)10-8(11(13)14)5-12-9(10)4-6;1-6-2-3-7(5-10)8(9)4-6;1-2-9-4(8)3-6-7-5/h4-7H,3H2,1-2H3;3-5,12H,1-2H3,(H,13,14);2-5H,1H3;2-3H2,1H3/b11-7-;;;. The molecule has 0 aliphatic rings. The molecule has 0 radical (unpaired) electrons. The van der Waals surface area contributed by atoms with Gasteiger partial charge in [-0.3, -0.25) is 9.59 Å². The number of benzene rings is 3. The van der Waals surface area contributed by atoms with Crippen molar-refractivity contribution < 1.29 is 33.8 Å². The Balaban J connectivity index is 0.000000353. The van der Waals surface area contributed by atoms with Gasteiger partial charge in [0, 0.05) is 41.4 Å². The number of azide groups is 2. The van der Waals surface area contributed by atoms with Gasteiger partial charge < -0.3 is 19.6 Å². The van der Waals surface area contributed by atoms with Crippen molar-refractivity contribution in [3.63, 3.8) is 0 Å². The van der Waals surface area contributed by atoms with Crippen molar-refractivity contribution in [1.82, 2.24) is 4.98 Å². The summed E-state index contributed by atoms with van der Waals surface area (Å²) in [6.45, 7) is 11.6. The number of carbonyl (C=O) groups is 4. The van der Waals surface area contributed by atoms with E-state index in [1.54, 1.807) is 26.1 Å². The number of aromatic amines is 1. The summed E-state index contributed by atoms with van der Waals surface area (Å²) in [6.07, 6.45) is 3.87. The van der Waals surface area contributed by atoms with Crippen molar-refractivity contribution in [2.75, 3.05) is 19.8 Å². The minimum Gasteiger partial charge on any atom is -0.478 e. The lowest BCUT2D eigenvalue weighted by molar-refractivity contribution is -0.141. The third-order valence-electron chi connectivity index (χ3n) is 6.29. The van der Waals surface area contributed by atoms with Gasteiger partial charge in [0.15, 0.2) is 6.29 Å². The molecule has 0 atom stereocenters. The molecule has 0 spiro atoms. The van der Waals surface area contributed by atoms with Crippen LogP contribution in [0.25, 0.3) is 37.9 Å². The molecule has 4 aromatic rings. The molecule has 0 unspecified atom stereocenters. The molecule has 0 aliphatic heterocycles. The Kier molecular flexibility index (Phi) is 19.7. The third-order valence-corrected chi connectivity index (χ3v) is 7.66. The summed E-state index contributed by atoms with van der Waals surface area (Å²) < 4.78 is 10.9. The molecule has 0 aliphatic carbocycles. The number of hydrogen-bond donors (Lipinski definition) is 2. The summed E-state index contributed by atoms with van der Waals surface area (Å²) in [5.74, 6) is -2.01. The average molecular weight is 828 g/mol. The molecular formula is C35H37Br2N7O7. The lowest BCUT2D eigenvalue weighted by Gasteiger charge is -2.03. The van der Waals surface area contributed by atoms with E-state index in [1.165, 1.54) is 6.08 Å². The fourth-order valence-electron chi connectivity index (χ4n) is 4.13. The molecule has 268 valence electrons. The van der Waals surface area contributed by atoms with Gasteiger partial charge in [0.05, 0.1) is 18.8 Å². The van der Waals surface area contributed by atoms with Gasteiger partial charge in [-0.15, -0.1) is 0 Å². The highest BCUT2D eigenvalue weighted by Gasteiger charge is 2.12. The Morgan fingerprint density at radius 1 is 0.863 bits per heavy atom. The number of carboxylic acids is 1. The number of aldehydes is 1. The fourth-order valence-corrected chi connectivity index (χ4v) is 5.33. The number of nitrogens with zero attached hydrogens (tertiary/aromatic N) is 6. The number of nitrogens with one attached hydrogen (secondary N) is 1. The number of aromatic carboxylic acids is 1. The van der Waals surface area contributed by atoms with Crippen molar-refractivity contribution in [3.8, 4) is 0 Å². The highest BCUT2D eigenvalue weighted by atomic mass is 79.9. The van der Waals surface area contributed by atoms with Gasteiger partial charge in [0.2, 0.25) is 0 Å². The van der Waals surface area contributed by atoms with E-state index in [9.17, 15) is 19.2 Å². The molecular weight excluding hydrogens is 790 g/mol. The Hall–Kier alpha value is -5.40. The molecule has 2 N–H and O–H groups in total. The van der Waals surface area contributed by atoms with Crippen molar-refractivity contribution in [1.29, 1.82) is 0 Å². The van der Waals surface area contributed by atoms with Crippen LogP contribution in [0, 0.1) is 27.7 Å². The first-order valence-electron chi connectivity index (χ1n) is 15.1. The van der Waals surface area contributed by atoms with Crippen LogP contribution in [0.4, 0.5) is 0 Å². The molecule has 4 rings (SSSR count). The topological polar surface area (TPSA) is 220 Å². The number of H-pyrrole nitrogens is 1. The second-order valence-corrected chi connectivity index (χ2v) is 12.0. The van der Waals surface area contributed by atoms with Gasteiger partial charge >= 0.3 is 17.9 Å². The van der Waals surface area contributed by atoms with Crippen LogP contribution < -0.4 is 0 Å². The molecule has 0 saturated carbocycles. The Labute approximate surface area is 311 Å². The van der Waals surface area contributed by atoms with E-state index < -0.39 is 17.9 Å². The molecule has 0 saturated heterocycles. The van der Waals surface area contributed by atoms with Crippen LogP contribution in [0.3, 0.4) is 0 Å². The molecule has 3 aromatic carbocycles. The predicted octanol–water partition coefficient (Wildman–Crippen LogP) is 9.88. The van der Waals surface area contributed by atoms with E-state index in [4.69, 9.17) is 20.9 Å². The van der Waals surface area contributed by atoms with Crippen LogP contribution in [-0.2, 0) is 19.1 Å². The summed E-state index contributed by atoms with van der Waals surface area (Å²) >= 11 is 6.66. The second-order valence-electron chi connectivity index (χ2n) is 10.3. The lowest BCUT2D eigenvalue weighted by atomic mass is 10.0. The largest absolute Gasteiger partial charge is 0.478 e. The quantitative estimate of drug-likeness (QED) is 0.0415. The number of aromatic nitrogens is 1. The summed E-state index contributed by atoms with van der Waals surface area (Å²) in [5, 5.41) is 16.1. The first-order chi connectivity index (χ1) is 24.2. The molecule has 1 aromatic heterocycles. The average Bonchev–Trinajstić information content (AvgIpc) is 3.51. The zero-order chi connectivity index (χ0) is 38.5. The van der Waals surface area contributed by atoms with E-state index in [0.717, 1.165) is 54.0 Å². The first kappa shape index (κ1) is 43.6. The van der Waals surface area contributed by atoms with Crippen LogP contribution >= 0.6 is 31.9 Å². The number of hydrogen-bond acceptors (Lipinski definition) is 8. The Morgan fingerprint density at radius 3 is 1.94 bits per heavy atom. The molecule has 1 heterocycles. The fraction of sp³-hybridized carbons (Fsp3) is 0.257. The number of ether oxygens (including phenoxy) is 2. The minimum absolute atomic E-state index is 0.0658. The van der Waals surface area contributed by atoms with Crippen LogP contribution in [0.1, 0.15) is 62.4 Å². The van der Waals surface area contributed by atoms with Gasteiger partial charge in [-0.25, -0.2) is 9.59 Å². The summed E-state index contributed by atoms with van der Waals surface area (Å²) in [4.78, 5) is 51.0. The van der Waals surface area contributed by atoms with E-state index in [-0.39, 0.29) is 18.8 Å². The molecule has 51 heavy (non-hydrogen) atoms. The number of carboxylic acid groups (broad SMARTS) is 1. The van der Waals surface area contributed by atoms with Crippen LogP contribution in [0.5, 0.6) is 0 Å². The lowest BCUT2D eigenvalue weighted by Crippen LogP contribution is -2.06. The highest BCUT2D eigenvalue weighted by molar-refractivity contribution is 9.10. The summed E-state index contributed by atoms with van der Waals surface area (Å²) in [6, 6.07) is 15.2. The molecule has 14 nitrogen and oxygen atoms in total. The number of rotatable bonds is 9. The monoisotopic (exact) mass is 825 g/mol. The van der Waals surface area contributed by atoms with E-state index in [0.29, 0.717) is 17.7 Å². The highest BCUT2D eigenvalue weighted by Crippen LogP contribution is 2.24. The number of aryl methyl sites for hydroxylation is 4. The van der Waals surface area contributed by atoms with E-state index in [2.05, 4.69) is 61.6 Å². The van der Waals surface area contributed by atoms with Gasteiger partial charge in [0.1, 0.15) is 12.2 Å². The van der Waals surface area contributed by atoms with Crippen LogP contribution in [-0.4, -0.2) is 54.0 Å².